The maximum Gasteiger partial charge on any atom is 0.0897 e. The zero-order valence-corrected chi connectivity index (χ0v) is 10.8. The minimum absolute atomic E-state index is 0.244. The van der Waals surface area contributed by atoms with Crippen LogP contribution < -0.4 is 5.32 Å². The molecule has 1 aromatic rings. The second-order valence-electron chi connectivity index (χ2n) is 3.40. The van der Waals surface area contributed by atoms with E-state index in [9.17, 15) is 0 Å². The van der Waals surface area contributed by atoms with E-state index in [1.807, 2.05) is 6.92 Å². The monoisotopic (exact) mass is 246 g/mol. The van der Waals surface area contributed by atoms with E-state index < -0.39 is 0 Å². The lowest BCUT2D eigenvalue weighted by Gasteiger charge is -2.15. The molecule has 1 atom stereocenters. The Morgan fingerprint density at radius 2 is 2.47 bits per heavy atom. The number of nitrogens with one attached hydrogen (secondary N) is 1. The van der Waals surface area contributed by atoms with E-state index in [2.05, 4.69) is 21.9 Å². The van der Waals surface area contributed by atoms with Crippen LogP contribution in [0.4, 0.5) is 0 Å². The maximum absolute atomic E-state index is 8.90. The zero-order chi connectivity index (χ0) is 11.1. The van der Waals surface area contributed by atoms with Crippen molar-refractivity contribution in [2.24, 2.45) is 0 Å². The average molecular weight is 246 g/mol. The third-order valence-electron chi connectivity index (χ3n) is 2.08. The van der Waals surface area contributed by atoms with Crippen molar-refractivity contribution in [2.45, 2.75) is 25.9 Å². The van der Waals surface area contributed by atoms with Gasteiger partial charge in [-0.25, -0.2) is 4.98 Å². The number of aliphatic hydroxyl groups excluding tert-OH is 1. The minimum Gasteiger partial charge on any atom is -0.396 e. The number of rotatable bonds is 7. The van der Waals surface area contributed by atoms with E-state index in [-0.39, 0.29) is 6.61 Å². The fourth-order valence-electron chi connectivity index (χ4n) is 1.34. The smallest absolute Gasteiger partial charge is 0.0897 e. The molecule has 86 valence electrons. The number of aliphatic hydroxyl groups is 1. The van der Waals surface area contributed by atoms with E-state index in [0.717, 1.165) is 29.4 Å². The number of hydrogen-bond acceptors (Lipinski definition) is 5. The molecular formula is C10H18N2OS2. The third-order valence-corrected chi connectivity index (χ3v) is 3.64. The van der Waals surface area contributed by atoms with Gasteiger partial charge in [-0.3, -0.25) is 0 Å². The molecule has 0 radical (unpaired) electrons. The fourth-order valence-corrected chi connectivity index (χ4v) is 2.64. The van der Waals surface area contributed by atoms with E-state index in [4.69, 9.17) is 5.11 Å². The van der Waals surface area contributed by atoms with Crippen LogP contribution in [0.5, 0.6) is 0 Å². The molecule has 3 nitrogen and oxygen atoms in total. The summed E-state index contributed by atoms with van der Waals surface area (Å²) in [6.07, 6.45) is 2.89. The molecule has 15 heavy (non-hydrogen) atoms. The molecule has 1 rings (SSSR count). The van der Waals surface area contributed by atoms with Crippen LogP contribution in [-0.2, 0) is 6.54 Å². The topological polar surface area (TPSA) is 45.1 Å². The van der Waals surface area contributed by atoms with Crippen LogP contribution in [0.25, 0.3) is 0 Å². The minimum atomic E-state index is 0.244. The predicted octanol–water partition coefficient (Wildman–Crippen LogP) is 1.66. The third kappa shape index (κ3) is 4.97. The highest BCUT2D eigenvalue weighted by Gasteiger charge is 2.07. The first-order valence-electron chi connectivity index (χ1n) is 5.00. The quantitative estimate of drug-likeness (QED) is 0.768. The van der Waals surface area contributed by atoms with Crippen LogP contribution in [0, 0.1) is 6.92 Å². The van der Waals surface area contributed by atoms with Crippen molar-refractivity contribution in [2.75, 3.05) is 18.6 Å². The number of aryl methyl sites for hydroxylation is 1. The van der Waals surface area contributed by atoms with E-state index >= 15 is 0 Å². The molecule has 0 aliphatic heterocycles. The molecule has 0 spiro atoms. The SMILES string of the molecule is CSCC(CCO)NCc1csc(C)n1. The summed E-state index contributed by atoms with van der Waals surface area (Å²) in [4.78, 5) is 4.39. The van der Waals surface area contributed by atoms with Gasteiger partial charge in [-0.15, -0.1) is 11.3 Å². The number of hydrogen-bond donors (Lipinski definition) is 2. The van der Waals surface area contributed by atoms with Crippen molar-refractivity contribution >= 4 is 23.1 Å². The van der Waals surface area contributed by atoms with Crippen LogP contribution in [0.2, 0.25) is 0 Å². The van der Waals surface area contributed by atoms with Gasteiger partial charge < -0.3 is 10.4 Å². The van der Waals surface area contributed by atoms with Gasteiger partial charge in [0.2, 0.25) is 0 Å². The molecule has 0 aliphatic carbocycles. The first-order chi connectivity index (χ1) is 7.26. The van der Waals surface area contributed by atoms with Crippen molar-refractivity contribution in [1.29, 1.82) is 0 Å². The van der Waals surface area contributed by atoms with Gasteiger partial charge in [-0.05, 0) is 19.6 Å². The molecule has 0 fully saturated rings. The highest BCUT2D eigenvalue weighted by Crippen LogP contribution is 2.08. The lowest BCUT2D eigenvalue weighted by Crippen LogP contribution is -2.31. The van der Waals surface area contributed by atoms with Gasteiger partial charge in [-0.1, -0.05) is 0 Å². The van der Waals surface area contributed by atoms with Crippen molar-refractivity contribution in [3.05, 3.63) is 16.1 Å². The number of aromatic nitrogens is 1. The second kappa shape index (κ2) is 7.22. The highest BCUT2D eigenvalue weighted by molar-refractivity contribution is 7.98. The number of nitrogens with zero attached hydrogens (tertiary/aromatic N) is 1. The van der Waals surface area contributed by atoms with Crippen LogP contribution in [-0.4, -0.2) is 34.7 Å². The van der Waals surface area contributed by atoms with Gasteiger partial charge in [0.15, 0.2) is 0 Å². The normalized spacial score (nSPS) is 13.0. The van der Waals surface area contributed by atoms with Gasteiger partial charge in [0, 0.05) is 30.3 Å². The molecule has 0 amide bonds. The summed E-state index contributed by atoms with van der Waals surface area (Å²) in [5.41, 5.74) is 1.10. The average Bonchev–Trinajstić information content (AvgIpc) is 2.61. The molecule has 5 heteroatoms. The molecule has 0 bridgehead atoms. The Labute approximate surface area is 99.3 Å². The molecule has 0 saturated heterocycles. The molecule has 0 aliphatic rings. The Morgan fingerprint density at radius 1 is 1.67 bits per heavy atom. The Bertz CT molecular complexity index is 272. The summed E-state index contributed by atoms with van der Waals surface area (Å²) in [6, 6.07) is 0.381. The molecule has 2 N–H and O–H groups in total. The summed E-state index contributed by atoms with van der Waals surface area (Å²) in [6.45, 7) is 3.06. The lowest BCUT2D eigenvalue weighted by atomic mass is 10.2. The molecule has 1 unspecified atom stereocenters. The van der Waals surface area contributed by atoms with Gasteiger partial charge in [0.05, 0.1) is 10.7 Å². The van der Waals surface area contributed by atoms with E-state index in [1.165, 1.54) is 0 Å². The summed E-state index contributed by atoms with van der Waals surface area (Å²) < 4.78 is 0. The standard InChI is InChI=1S/C10H18N2OS2/c1-8-12-10(7-15-8)5-11-9(3-4-13)6-14-2/h7,9,11,13H,3-6H2,1-2H3. The van der Waals surface area contributed by atoms with Crippen LogP contribution in [0.15, 0.2) is 5.38 Å². The van der Waals surface area contributed by atoms with E-state index in [0.29, 0.717) is 6.04 Å². The van der Waals surface area contributed by atoms with Crippen LogP contribution >= 0.6 is 23.1 Å². The van der Waals surface area contributed by atoms with Crippen molar-refractivity contribution in [3.63, 3.8) is 0 Å². The first-order valence-corrected chi connectivity index (χ1v) is 7.27. The van der Waals surface area contributed by atoms with Gasteiger partial charge in [0.1, 0.15) is 0 Å². The number of thiazole rings is 1. The largest absolute Gasteiger partial charge is 0.396 e. The fraction of sp³-hybridized carbons (Fsp3) is 0.700. The molecule has 1 heterocycles. The molecule has 0 saturated carbocycles. The van der Waals surface area contributed by atoms with Crippen LogP contribution in [0.3, 0.4) is 0 Å². The lowest BCUT2D eigenvalue weighted by molar-refractivity contribution is 0.269. The Balaban J connectivity index is 2.32. The van der Waals surface area contributed by atoms with Gasteiger partial charge >= 0.3 is 0 Å². The Morgan fingerprint density at radius 3 is 3.00 bits per heavy atom. The predicted molar refractivity (Wildman–Crippen MR) is 67.6 cm³/mol. The second-order valence-corrected chi connectivity index (χ2v) is 5.38. The van der Waals surface area contributed by atoms with E-state index in [1.54, 1.807) is 23.1 Å². The first kappa shape index (κ1) is 13.0. The summed E-state index contributed by atoms with van der Waals surface area (Å²) in [5, 5.41) is 15.5. The Kier molecular flexibility index (Phi) is 6.24. The summed E-state index contributed by atoms with van der Waals surface area (Å²) in [5.74, 6) is 1.03. The van der Waals surface area contributed by atoms with Crippen molar-refractivity contribution in [3.8, 4) is 0 Å². The summed E-state index contributed by atoms with van der Waals surface area (Å²) >= 11 is 3.48. The highest BCUT2D eigenvalue weighted by atomic mass is 32.2. The van der Waals surface area contributed by atoms with Gasteiger partial charge in [0.25, 0.3) is 0 Å². The molecular weight excluding hydrogens is 228 g/mol. The molecule has 1 aromatic heterocycles. The zero-order valence-electron chi connectivity index (χ0n) is 9.19. The van der Waals surface area contributed by atoms with Gasteiger partial charge in [-0.2, -0.15) is 11.8 Å². The van der Waals surface area contributed by atoms with Crippen molar-refractivity contribution in [1.82, 2.24) is 10.3 Å². The van der Waals surface area contributed by atoms with Crippen LogP contribution in [0.1, 0.15) is 17.1 Å². The maximum atomic E-state index is 8.90. The molecule has 0 aromatic carbocycles. The summed E-state index contributed by atoms with van der Waals surface area (Å²) in [7, 11) is 0. The van der Waals surface area contributed by atoms with Crippen molar-refractivity contribution < 1.29 is 5.11 Å². The Hall–Kier alpha value is -0.100. The number of thioether (sulfide) groups is 1.